The molecule has 0 aliphatic heterocycles. The van der Waals surface area contributed by atoms with Crippen LogP contribution in [-0.4, -0.2) is 20.3 Å². The van der Waals surface area contributed by atoms with Crippen LogP contribution in [0.4, 0.5) is 0 Å². The van der Waals surface area contributed by atoms with Gasteiger partial charge in [0.05, 0.1) is 12.1 Å². The van der Waals surface area contributed by atoms with Crippen molar-refractivity contribution >= 4 is 0 Å². The molecule has 0 saturated heterocycles. The maximum absolute atomic E-state index is 11.5. The zero-order valence-corrected chi connectivity index (χ0v) is 9.27. The van der Waals surface area contributed by atoms with E-state index < -0.39 is 16.9 Å². The molecule has 6 nitrogen and oxygen atoms in total. The van der Waals surface area contributed by atoms with Crippen LogP contribution in [0, 0.1) is 11.3 Å². The van der Waals surface area contributed by atoms with Crippen LogP contribution in [0.1, 0.15) is 31.2 Å². The van der Waals surface area contributed by atoms with E-state index in [9.17, 15) is 14.7 Å². The van der Waals surface area contributed by atoms with Crippen molar-refractivity contribution < 1.29 is 5.11 Å². The van der Waals surface area contributed by atoms with Crippen LogP contribution in [0.15, 0.2) is 15.8 Å². The minimum atomic E-state index is -0.894. The Morgan fingerprint density at radius 1 is 1.47 bits per heavy atom. The second kappa shape index (κ2) is 4.18. The molecule has 1 heterocycles. The summed E-state index contributed by atoms with van der Waals surface area (Å²) in [6.07, 6.45) is 4.35. The van der Waals surface area contributed by atoms with E-state index in [-0.39, 0.29) is 12.1 Å². The van der Waals surface area contributed by atoms with Crippen molar-refractivity contribution in [3.63, 3.8) is 0 Å². The van der Waals surface area contributed by atoms with Crippen LogP contribution < -0.4 is 11.2 Å². The molecule has 0 atom stereocenters. The molecule has 0 amide bonds. The first kappa shape index (κ1) is 11.6. The number of nitriles is 1. The van der Waals surface area contributed by atoms with Crippen molar-refractivity contribution in [1.82, 2.24) is 9.55 Å². The second-order valence-corrected chi connectivity index (χ2v) is 4.47. The van der Waals surface area contributed by atoms with Gasteiger partial charge in [-0.3, -0.25) is 14.3 Å². The minimum absolute atomic E-state index is 0.119. The van der Waals surface area contributed by atoms with Crippen molar-refractivity contribution in [3.05, 3.63) is 32.6 Å². The highest BCUT2D eigenvalue weighted by atomic mass is 16.3. The highest BCUT2D eigenvalue weighted by molar-refractivity contribution is 5.21. The highest BCUT2D eigenvalue weighted by Gasteiger charge is 2.31. The molecule has 0 spiro atoms. The van der Waals surface area contributed by atoms with Crippen LogP contribution in [0.5, 0.6) is 0 Å². The third-order valence-electron chi connectivity index (χ3n) is 3.13. The first-order valence-electron chi connectivity index (χ1n) is 5.50. The van der Waals surface area contributed by atoms with Gasteiger partial charge in [-0.05, 0) is 12.8 Å². The standard InChI is InChI=1S/C11H13N3O3/c12-5-8-6-14(10(16)13-9(8)15)7-11(17)3-1-2-4-11/h6,17H,1-4,7H2,(H,13,15,16). The van der Waals surface area contributed by atoms with Crippen molar-refractivity contribution in [2.24, 2.45) is 0 Å². The molecule has 0 unspecified atom stereocenters. The van der Waals surface area contributed by atoms with E-state index in [1.165, 1.54) is 10.8 Å². The second-order valence-electron chi connectivity index (χ2n) is 4.47. The number of hydrogen-bond acceptors (Lipinski definition) is 4. The van der Waals surface area contributed by atoms with Crippen LogP contribution in [0.2, 0.25) is 0 Å². The summed E-state index contributed by atoms with van der Waals surface area (Å²) in [5, 5.41) is 18.9. The topological polar surface area (TPSA) is 98.9 Å². The molecule has 90 valence electrons. The molecule has 2 rings (SSSR count). The normalized spacial score (nSPS) is 17.9. The van der Waals surface area contributed by atoms with Gasteiger partial charge in [-0.15, -0.1) is 0 Å². The third kappa shape index (κ3) is 2.29. The molecule has 1 aromatic heterocycles. The first-order valence-corrected chi connectivity index (χ1v) is 5.50. The molecule has 1 aliphatic carbocycles. The van der Waals surface area contributed by atoms with Crippen LogP contribution in [0.3, 0.4) is 0 Å². The van der Waals surface area contributed by atoms with E-state index >= 15 is 0 Å². The Morgan fingerprint density at radius 3 is 2.71 bits per heavy atom. The number of aromatic nitrogens is 2. The molecule has 1 aliphatic rings. The lowest BCUT2D eigenvalue weighted by Crippen LogP contribution is -2.39. The van der Waals surface area contributed by atoms with Crippen molar-refractivity contribution in [1.29, 1.82) is 5.26 Å². The predicted molar refractivity (Wildman–Crippen MR) is 59.5 cm³/mol. The summed E-state index contributed by atoms with van der Waals surface area (Å²) in [5.74, 6) is 0. The Morgan fingerprint density at radius 2 is 2.12 bits per heavy atom. The van der Waals surface area contributed by atoms with Crippen LogP contribution in [0.25, 0.3) is 0 Å². The van der Waals surface area contributed by atoms with E-state index in [4.69, 9.17) is 5.26 Å². The maximum atomic E-state index is 11.5. The Labute approximate surface area is 97.1 Å². The molecule has 0 radical (unpaired) electrons. The number of H-pyrrole nitrogens is 1. The molecule has 1 fully saturated rings. The summed E-state index contributed by atoms with van der Waals surface area (Å²) in [7, 11) is 0. The molecule has 17 heavy (non-hydrogen) atoms. The summed E-state index contributed by atoms with van der Waals surface area (Å²) >= 11 is 0. The maximum Gasteiger partial charge on any atom is 0.328 e. The monoisotopic (exact) mass is 235 g/mol. The molecular formula is C11H13N3O3. The third-order valence-corrected chi connectivity index (χ3v) is 3.13. The number of rotatable bonds is 2. The number of hydrogen-bond donors (Lipinski definition) is 2. The largest absolute Gasteiger partial charge is 0.388 e. The quantitative estimate of drug-likeness (QED) is 0.736. The summed E-state index contributed by atoms with van der Waals surface area (Å²) in [6, 6.07) is 1.72. The van der Waals surface area contributed by atoms with E-state index in [0.717, 1.165) is 12.8 Å². The van der Waals surface area contributed by atoms with Gasteiger partial charge < -0.3 is 5.11 Å². The van der Waals surface area contributed by atoms with Gasteiger partial charge in [0.15, 0.2) is 0 Å². The smallest absolute Gasteiger partial charge is 0.328 e. The fraction of sp³-hybridized carbons (Fsp3) is 0.545. The lowest BCUT2D eigenvalue weighted by atomic mass is 10.0. The van der Waals surface area contributed by atoms with Gasteiger partial charge in [0.2, 0.25) is 0 Å². The first-order chi connectivity index (χ1) is 8.04. The molecule has 6 heteroatoms. The summed E-state index contributed by atoms with van der Waals surface area (Å²) in [5.41, 5.74) is -2.29. The van der Waals surface area contributed by atoms with Crippen molar-refractivity contribution in [2.75, 3.05) is 0 Å². The molecule has 0 aromatic carbocycles. The number of aromatic amines is 1. The van der Waals surface area contributed by atoms with Gasteiger partial charge in [-0.2, -0.15) is 5.26 Å². The van der Waals surface area contributed by atoms with Gasteiger partial charge in [0.25, 0.3) is 5.56 Å². The van der Waals surface area contributed by atoms with Gasteiger partial charge in [0, 0.05) is 6.20 Å². The Bertz CT molecular complexity index is 573. The zero-order valence-electron chi connectivity index (χ0n) is 9.27. The zero-order chi connectivity index (χ0) is 12.5. The van der Waals surface area contributed by atoms with Crippen molar-refractivity contribution in [2.45, 2.75) is 37.8 Å². The van der Waals surface area contributed by atoms with Crippen LogP contribution >= 0.6 is 0 Å². The van der Waals surface area contributed by atoms with Gasteiger partial charge in [-0.25, -0.2) is 4.79 Å². The lowest BCUT2D eigenvalue weighted by Gasteiger charge is -2.22. The van der Waals surface area contributed by atoms with Crippen molar-refractivity contribution in [3.8, 4) is 6.07 Å². The van der Waals surface area contributed by atoms with E-state index in [0.29, 0.717) is 12.8 Å². The number of nitrogens with zero attached hydrogens (tertiary/aromatic N) is 2. The average Bonchev–Trinajstić information content (AvgIpc) is 2.69. The summed E-state index contributed by atoms with van der Waals surface area (Å²) in [6.45, 7) is 0.122. The SMILES string of the molecule is N#Cc1cn(CC2(O)CCCC2)c(=O)[nH]c1=O. The molecular weight excluding hydrogens is 222 g/mol. The number of aliphatic hydroxyl groups is 1. The fourth-order valence-corrected chi connectivity index (χ4v) is 2.21. The highest BCUT2D eigenvalue weighted by Crippen LogP contribution is 2.30. The molecule has 1 aromatic rings. The van der Waals surface area contributed by atoms with E-state index in [2.05, 4.69) is 4.98 Å². The van der Waals surface area contributed by atoms with E-state index in [1.54, 1.807) is 6.07 Å². The van der Waals surface area contributed by atoms with Gasteiger partial charge in [-0.1, -0.05) is 12.8 Å². The predicted octanol–water partition coefficient (Wildman–Crippen LogP) is -0.287. The molecule has 0 bridgehead atoms. The summed E-state index contributed by atoms with van der Waals surface area (Å²) in [4.78, 5) is 24.8. The average molecular weight is 235 g/mol. The molecule has 1 saturated carbocycles. The van der Waals surface area contributed by atoms with Gasteiger partial charge in [0.1, 0.15) is 11.6 Å². The summed E-state index contributed by atoms with van der Waals surface area (Å²) < 4.78 is 1.20. The van der Waals surface area contributed by atoms with E-state index in [1.807, 2.05) is 0 Å². The number of nitrogens with one attached hydrogen (secondary N) is 1. The Kier molecular flexibility index (Phi) is 2.86. The lowest BCUT2D eigenvalue weighted by molar-refractivity contribution is 0.0285. The van der Waals surface area contributed by atoms with Crippen LogP contribution in [-0.2, 0) is 6.54 Å². The Hall–Kier alpha value is -1.87. The molecule has 2 N–H and O–H groups in total. The van der Waals surface area contributed by atoms with Gasteiger partial charge >= 0.3 is 5.69 Å². The fourth-order valence-electron chi connectivity index (χ4n) is 2.21. The Balaban J connectivity index is 2.37. The minimum Gasteiger partial charge on any atom is -0.388 e.